The van der Waals surface area contributed by atoms with Crippen molar-refractivity contribution in [1.82, 2.24) is 5.32 Å². The summed E-state index contributed by atoms with van der Waals surface area (Å²) in [5.41, 5.74) is 0. The maximum Gasteiger partial charge on any atom is 0.305 e. The van der Waals surface area contributed by atoms with Gasteiger partial charge in [-0.2, -0.15) is 0 Å². The fourth-order valence-electron chi connectivity index (χ4n) is 11.5. The second kappa shape index (κ2) is 68.8. The number of esters is 1. The van der Waals surface area contributed by atoms with Crippen molar-refractivity contribution in [3.05, 3.63) is 24.3 Å². The molecule has 0 aliphatic carbocycles. The van der Waals surface area contributed by atoms with Crippen LogP contribution in [0.3, 0.4) is 0 Å². The minimum Gasteiger partial charge on any atom is -0.466 e. The third kappa shape index (κ3) is 65.4. The van der Waals surface area contributed by atoms with Crippen LogP contribution in [0.15, 0.2) is 24.3 Å². The number of allylic oxidation sites excluding steroid dienone is 3. The standard InChI is InChI=1S/C73H141NO5/c1-3-5-7-9-11-13-15-17-19-20-21-22-23-25-28-31-34-38-41-45-49-53-57-61-65-71(76)70(69-75)74-72(77)66-62-58-54-50-46-42-39-35-32-29-26-24-27-30-33-36-40-44-48-52-56-60-64-68-79-73(78)67-63-59-55-51-47-43-37-18-16-14-12-10-8-6-4-2/h29,32,61,65,70-71,75-76H,3-28,30-31,33-60,62-64,66-69H2,1-2H3,(H,74,77)/b32-29-,65-61+. The van der Waals surface area contributed by atoms with E-state index < -0.39 is 12.1 Å². The average molecular weight is 1110 g/mol. The van der Waals surface area contributed by atoms with Gasteiger partial charge in [-0.1, -0.05) is 359 Å². The lowest BCUT2D eigenvalue weighted by molar-refractivity contribution is -0.143. The summed E-state index contributed by atoms with van der Waals surface area (Å²) < 4.78 is 5.50. The number of hydrogen-bond acceptors (Lipinski definition) is 5. The number of aliphatic hydroxyl groups excluding tert-OH is 2. The molecule has 1 amide bonds. The van der Waals surface area contributed by atoms with Gasteiger partial charge in [0, 0.05) is 12.8 Å². The summed E-state index contributed by atoms with van der Waals surface area (Å²) >= 11 is 0. The second-order valence-corrected chi connectivity index (χ2v) is 24.9. The van der Waals surface area contributed by atoms with E-state index in [1.54, 1.807) is 6.08 Å². The summed E-state index contributed by atoms with van der Waals surface area (Å²) in [7, 11) is 0. The fourth-order valence-corrected chi connectivity index (χ4v) is 11.5. The van der Waals surface area contributed by atoms with Crippen molar-refractivity contribution in [3.63, 3.8) is 0 Å². The van der Waals surface area contributed by atoms with Gasteiger partial charge in [-0.3, -0.25) is 9.59 Å². The van der Waals surface area contributed by atoms with Crippen LogP contribution >= 0.6 is 0 Å². The molecule has 0 saturated carbocycles. The molecule has 0 spiro atoms. The van der Waals surface area contributed by atoms with Crippen molar-refractivity contribution in [2.45, 2.75) is 418 Å². The minimum atomic E-state index is -0.850. The van der Waals surface area contributed by atoms with E-state index in [0.29, 0.717) is 19.4 Å². The molecule has 0 aromatic rings. The van der Waals surface area contributed by atoms with Crippen LogP contribution in [0.4, 0.5) is 0 Å². The summed E-state index contributed by atoms with van der Waals surface area (Å²) in [4.78, 5) is 24.6. The highest BCUT2D eigenvalue weighted by molar-refractivity contribution is 5.76. The first-order valence-electron chi connectivity index (χ1n) is 36.1. The molecule has 2 atom stereocenters. The number of nitrogens with one attached hydrogen (secondary N) is 1. The Hall–Kier alpha value is -1.66. The van der Waals surface area contributed by atoms with Crippen molar-refractivity contribution < 1.29 is 24.5 Å². The molecule has 0 rings (SSSR count). The molecule has 79 heavy (non-hydrogen) atoms. The molecule has 0 saturated heterocycles. The van der Waals surface area contributed by atoms with Crippen LogP contribution in [0.25, 0.3) is 0 Å². The number of hydrogen-bond donors (Lipinski definition) is 3. The van der Waals surface area contributed by atoms with Crippen molar-refractivity contribution in [2.75, 3.05) is 13.2 Å². The predicted octanol–water partition coefficient (Wildman–Crippen LogP) is 23.3. The van der Waals surface area contributed by atoms with Crippen LogP contribution in [-0.2, 0) is 14.3 Å². The van der Waals surface area contributed by atoms with Gasteiger partial charge in [0.15, 0.2) is 0 Å². The van der Waals surface area contributed by atoms with E-state index in [0.717, 1.165) is 44.9 Å². The molecule has 0 aliphatic rings. The Balaban J connectivity index is 3.43. The first-order chi connectivity index (χ1) is 39.0. The smallest absolute Gasteiger partial charge is 0.305 e. The van der Waals surface area contributed by atoms with Gasteiger partial charge >= 0.3 is 5.97 Å². The molecule has 0 fully saturated rings. The van der Waals surface area contributed by atoms with Crippen LogP contribution in [0.5, 0.6) is 0 Å². The van der Waals surface area contributed by atoms with Gasteiger partial charge in [-0.15, -0.1) is 0 Å². The summed E-state index contributed by atoms with van der Waals surface area (Å²) in [6.07, 6.45) is 86.9. The third-order valence-corrected chi connectivity index (χ3v) is 17.0. The number of unbranched alkanes of at least 4 members (excludes halogenated alkanes) is 55. The van der Waals surface area contributed by atoms with Gasteiger partial charge in [0.25, 0.3) is 0 Å². The third-order valence-electron chi connectivity index (χ3n) is 17.0. The summed E-state index contributed by atoms with van der Waals surface area (Å²) in [6.45, 7) is 4.94. The summed E-state index contributed by atoms with van der Waals surface area (Å²) in [5, 5.41) is 23.3. The van der Waals surface area contributed by atoms with Crippen molar-refractivity contribution in [1.29, 1.82) is 0 Å². The van der Waals surface area contributed by atoms with Crippen LogP contribution in [0.1, 0.15) is 406 Å². The fraction of sp³-hybridized carbons (Fsp3) is 0.918. The van der Waals surface area contributed by atoms with E-state index in [4.69, 9.17) is 4.74 Å². The molecule has 0 bridgehead atoms. The van der Waals surface area contributed by atoms with E-state index in [1.165, 1.54) is 334 Å². The summed E-state index contributed by atoms with van der Waals surface area (Å²) in [6, 6.07) is -0.634. The molecule has 6 nitrogen and oxygen atoms in total. The van der Waals surface area contributed by atoms with Crippen LogP contribution in [0, 0.1) is 0 Å². The zero-order valence-corrected chi connectivity index (χ0v) is 53.6. The van der Waals surface area contributed by atoms with Crippen LogP contribution < -0.4 is 5.32 Å². The molecule has 3 N–H and O–H groups in total. The van der Waals surface area contributed by atoms with E-state index in [-0.39, 0.29) is 18.5 Å². The molecule has 0 aromatic carbocycles. The van der Waals surface area contributed by atoms with Gasteiger partial charge in [0.2, 0.25) is 5.91 Å². The highest BCUT2D eigenvalue weighted by Crippen LogP contribution is 2.19. The van der Waals surface area contributed by atoms with Crippen LogP contribution in [-0.4, -0.2) is 47.4 Å². The van der Waals surface area contributed by atoms with Gasteiger partial charge in [0.05, 0.1) is 25.4 Å². The summed E-state index contributed by atoms with van der Waals surface area (Å²) in [5.74, 6) is -0.0549. The van der Waals surface area contributed by atoms with Gasteiger partial charge < -0.3 is 20.3 Å². The Bertz CT molecular complexity index is 1230. The highest BCUT2D eigenvalue weighted by atomic mass is 16.5. The first kappa shape index (κ1) is 77.3. The van der Waals surface area contributed by atoms with Gasteiger partial charge in [-0.25, -0.2) is 0 Å². The molecular weight excluding hydrogens is 971 g/mol. The maximum absolute atomic E-state index is 12.5. The van der Waals surface area contributed by atoms with Gasteiger partial charge in [0.1, 0.15) is 0 Å². The molecule has 2 unspecified atom stereocenters. The van der Waals surface area contributed by atoms with E-state index in [2.05, 4.69) is 31.3 Å². The second-order valence-electron chi connectivity index (χ2n) is 24.9. The number of carbonyl (C=O) groups excluding carboxylic acids is 2. The Morgan fingerprint density at radius 3 is 0.899 bits per heavy atom. The van der Waals surface area contributed by atoms with E-state index in [9.17, 15) is 19.8 Å². The lowest BCUT2D eigenvalue weighted by Gasteiger charge is -2.20. The normalized spacial score (nSPS) is 12.6. The Kier molecular flexibility index (Phi) is 67.4. The molecular formula is C73H141NO5. The average Bonchev–Trinajstić information content (AvgIpc) is 3.45. The first-order valence-corrected chi connectivity index (χ1v) is 36.1. The SMILES string of the molecule is CCCCCCCCCCCCCCCCCCCCCCCC/C=C/C(O)C(CO)NC(=O)CCCCCCCCC/C=C\CCCCCCCCCCCCCCOC(=O)CCCCCCCCCCCCCCCCC. The highest BCUT2D eigenvalue weighted by Gasteiger charge is 2.18. The van der Waals surface area contributed by atoms with Gasteiger partial charge in [-0.05, 0) is 57.8 Å². The molecule has 468 valence electrons. The number of amides is 1. The Labute approximate surface area is 494 Å². The zero-order valence-electron chi connectivity index (χ0n) is 53.6. The molecule has 0 aromatic heterocycles. The molecule has 0 heterocycles. The quantitative estimate of drug-likeness (QED) is 0.0320. The van der Waals surface area contributed by atoms with Crippen molar-refractivity contribution in [2.24, 2.45) is 0 Å². The van der Waals surface area contributed by atoms with E-state index in [1.807, 2.05) is 6.08 Å². The Morgan fingerprint density at radius 2 is 0.595 bits per heavy atom. The van der Waals surface area contributed by atoms with E-state index >= 15 is 0 Å². The van der Waals surface area contributed by atoms with Crippen molar-refractivity contribution in [3.8, 4) is 0 Å². The van der Waals surface area contributed by atoms with Crippen molar-refractivity contribution >= 4 is 11.9 Å². The maximum atomic E-state index is 12.5. The number of rotatable bonds is 68. The predicted molar refractivity (Wildman–Crippen MR) is 347 cm³/mol. The monoisotopic (exact) mass is 1110 g/mol. The molecule has 0 aliphatic heterocycles. The number of carbonyl (C=O) groups is 2. The Morgan fingerprint density at radius 1 is 0.342 bits per heavy atom. The minimum absolute atomic E-state index is 0.0148. The largest absolute Gasteiger partial charge is 0.466 e. The van der Waals surface area contributed by atoms with Crippen LogP contribution in [0.2, 0.25) is 0 Å². The topological polar surface area (TPSA) is 95.9 Å². The lowest BCUT2D eigenvalue weighted by Crippen LogP contribution is -2.45. The molecule has 6 heteroatoms. The molecule has 0 radical (unpaired) electrons. The number of aliphatic hydroxyl groups is 2. The number of ether oxygens (including phenoxy) is 1. The zero-order chi connectivity index (χ0) is 57.1. The lowest BCUT2D eigenvalue weighted by atomic mass is 10.0.